The summed E-state index contributed by atoms with van der Waals surface area (Å²) in [5.41, 5.74) is 0. The van der Waals surface area contributed by atoms with Gasteiger partial charge in [-0.25, -0.2) is 0 Å². The Morgan fingerprint density at radius 1 is 1.00 bits per heavy atom. The van der Waals surface area contributed by atoms with Crippen LogP contribution in [0.2, 0.25) is 6.04 Å². The van der Waals surface area contributed by atoms with Gasteiger partial charge in [-0.15, -0.1) is 0 Å². The van der Waals surface area contributed by atoms with E-state index in [1.807, 2.05) is 20.8 Å². The van der Waals surface area contributed by atoms with Gasteiger partial charge in [0.2, 0.25) is 5.91 Å². The van der Waals surface area contributed by atoms with Crippen molar-refractivity contribution >= 4 is 25.7 Å². The standard InChI is InChI=1S/C14H32N2O4Si.H4Si/c1-6-18-21(19-7-2,20-8-3)13-9-11-15-12-10-14(17)16(4)5;/h15H,6-13H2,1-5H3;1H4. The third-order valence-electron chi connectivity index (χ3n) is 2.94. The fourth-order valence-corrected chi connectivity index (χ4v) is 4.59. The van der Waals surface area contributed by atoms with Gasteiger partial charge >= 0.3 is 8.80 Å². The van der Waals surface area contributed by atoms with E-state index in [0.717, 1.165) is 19.0 Å². The molecular weight excluding hydrogens is 316 g/mol. The lowest BCUT2D eigenvalue weighted by Gasteiger charge is -2.28. The maximum absolute atomic E-state index is 11.4. The average molecular weight is 353 g/mol. The Bertz CT molecular complexity index is 265. The molecule has 22 heavy (non-hydrogen) atoms. The van der Waals surface area contributed by atoms with Crippen LogP contribution >= 0.6 is 0 Å². The van der Waals surface area contributed by atoms with E-state index in [0.29, 0.717) is 32.8 Å². The Kier molecular flexibility index (Phi) is 15.6. The van der Waals surface area contributed by atoms with Crippen LogP contribution in [0.5, 0.6) is 0 Å². The van der Waals surface area contributed by atoms with Crippen molar-refractivity contribution in [3.05, 3.63) is 0 Å². The summed E-state index contributed by atoms with van der Waals surface area (Å²) in [6.07, 6.45) is 1.44. The summed E-state index contributed by atoms with van der Waals surface area (Å²) in [7, 11) is 1.03. The molecular formula is C14H36N2O4Si2. The van der Waals surface area contributed by atoms with Gasteiger partial charge in [-0.1, -0.05) is 0 Å². The number of nitrogens with zero attached hydrogens (tertiary/aromatic N) is 1. The maximum Gasteiger partial charge on any atom is 0.500 e. The molecule has 0 aromatic carbocycles. The Balaban J connectivity index is 0. The highest BCUT2D eigenvalue weighted by atomic mass is 28.4. The normalized spacial score (nSPS) is 11.1. The number of hydrogen-bond donors (Lipinski definition) is 1. The molecule has 0 heterocycles. The summed E-state index contributed by atoms with van der Waals surface area (Å²) in [5.74, 6) is 0.143. The minimum atomic E-state index is -2.51. The van der Waals surface area contributed by atoms with Crippen molar-refractivity contribution in [1.29, 1.82) is 0 Å². The number of rotatable bonds is 13. The predicted octanol–water partition coefficient (Wildman–Crippen LogP) is 0.0412. The summed E-state index contributed by atoms with van der Waals surface area (Å²) >= 11 is 0. The molecule has 0 fully saturated rings. The Labute approximate surface area is 141 Å². The van der Waals surface area contributed by atoms with Gasteiger partial charge in [-0.2, -0.15) is 0 Å². The Hall–Kier alpha value is -0.256. The quantitative estimate of drug-likeness (QED) is 0.375. The number of carbonyl (C=O) groups excluding carboxylic acids is 1. The fraction of sp³-hybridized carbons (Fsp3) is 0.929. The van der Waals surface area contributed by atoms with Crippen molar-refractivity contribution < 1.29 is 18.1 Å². The molecule has 6 nitrogen and oxygen atoms in total. The highest BCUT2D eigenvalue weighted by molar-refractivity contribution is 6.60. The van der Waals surface area contributed by atoms with Crippen molar-refractivity contribution in [2.24, 2.45) is 0 Å². The Morgan fingerprint density at radius 3 is 1.91 bits per heavy atom. The van der Waals surface area contributed by atoms with Gasteiger partial charge in [-0.05, 0) is 44.7 Å². The third-order valence-corrected chi connectivity index (χ3v) is 6.10. The molecule has 0 atom stereocenters. The van der Waals surface area contributed by atoms with Crippen LogP contribution in [0.1, 0.15) is 33.6 Å². The second-order valence-corrected chi connectivity index (χ2v) is 7.61. The monoisotopic (exact) mass is 352 g/mol. The van der Waals surface area contributed by atoms with Gasteiger partial charge < -0.3 is 23.5 Å². The first kappa shape index (κ1) is 24.0. The Morgan fingerprint density at radius 2 is 1.50 bits per heavy atom. The maximum atomic E-state index is 11.4. The topological polar surface area (TPSA) is 60.0 Å². The first-order valence-corrected chi connectivity index (χ1v) is 9.77. The van der Waals surface area contributed by atoms with Crippen molar-refractivity contribution in [3.8, 4) is 0 Å². The molecule has 0 aromatic rings. The lowest BCUT2D eigenvalue weighted by molar-refractivity contribution is -0.128. The lowest BCUT2D eigenvalue weighted by Crippen LogP contribution is -2.46. The van der Waals surface area contributed by atoms with Crippen LogP contribution in [0, 0.1) is 0 Å². The molecule has 0 radical (unpaired) electrons. The zero-order chi connectivity index (χ0) is 16.1. The van der Waals surface area contributed by atoms with E-state index in [4.69, 9.17) is 13.3 Å². The van der Waals surface area contributed by atoms with E-state index in [1.165, 1.54) is 0 Å². The molecule has 134 valence electrons. The number of amides is 1. The SMILES string of the molecule is CCO[Si](CCCNCCC(=O)N(C)C)(OCC)OCC.[SiH4]. The molecule has 0 aromatic heterocycles. The second kappa shape index (κ2) is 14.3. The van der Waals surface area contributed by atoms with Gasteiger partial charge in [0.25, 0.3) is 0 Å². The van der Waals surface area contributed by atoms with Gasteiger partial charge in [-0.3, -0.25) is 4.79 Å². The zero-order valence-electron chi connectivity index (χ0n) is 14.2. The van der Waals surface area contributed by atoms with Crippen LogP contribution in [0.3, 0.4) is 0 Å². The smallest absolute Gasteiger partial charge is 0.374 e. The molecule has 1 N–H and O–H groups in total. The van der Waals surface area contributed by atoms with E-state index >= 15 is 0 Å². The summed E-state index contributed by atoms with van der Waals surface area (Å²) in [6, 6.07) is 0.803. The molecule has 0 saturated carbocycles. The number of hydrogen-bond acceptors (Lipinski definition) is 5. The molecule has 0 bridgehead atoms. The highest BCUT2D eigenvalue weighted by Crippen LogP contribution is 2.17. The van der Waals surface area contributed by atoms with Crippen molar-refractivity contribution in [1.82, 2.24) is 10.2 Å². The van der Waals surface area contributed by atoms with E-state index in [-0.39, 0.29) is 16.9 Å². The molecule has 0 saturated heterocycles. The average Bonchev–Trinajstić information content (AvgIpc) is 2.43. The molecule has 0 aliphatic carbocycles. The van der Waals surface area contributed by atoms with Crippen LogP contribution in [0.15, 0.2) is 0 Å². The minimum absolute atomic E-state index is 0. The van der Waals surface area contributed by atoms with E-state index in [2.05, 4.69) is 5.32 Å². The first-order valence-electron chi connectivity index (χ1n) is 7.84. The number of nitrogens with one attached hydrogen (secondary N) is 1. The van der Waals surface area contributed by atoms with Crippen LogP contribution in [-0.4, -0.2) is 77.6 Å². The van der Waals surface area contributed by atoms with Crippen molar-refractivity contribution in [3.63, 3.8) is 0 Å². The molecule has 0 spiro atoms. The molecule has 8 heteroatoms. The lowest BCUT2D eigenvalue weighted by atomic mass is 10.3. The largest absolute Gasteiger partial charge is 0.500 e. The van der Waals surface area contributed by atoms with Gasteiger partial charge in [0.05, 0.1) is 0 Å². The molecule has 0 rings (SSSR count). The van der Waals surface area contributed by atoms with Crippen LogP contribution in [-0.2, 0) is 18.1 Å². The molecule has 0 aliphatic heterocycles. The van der Waals surface area contributed by atoms with E-state index < -0.39 is 8.80 Å². The minimum Gasteiger partial charge on any atom is -0.374 e. The zero-order valence-corrected chi connectivity index (χ0v) is 15.2. The fourth-order valence-electron chi connectivity index (χ4n) is 1.98. The van der Waals surface area contributed by atoms with Crippen LogP contribution in [0.25, 0.3) is 0 Å². The van der Waals surface area contributed by atoms with Gasteiger partial charge in [0, 0.05) is 52.9 Å². The van der Waals surface area contributed by atoms with Crippen molar-refractivity contribution in [2.75, 3.05) is 47.0 Å². The summed E-state index contributed by atoms with van der Waals surface area (Å²) in [4.78, 5) is 13.0. The van der Waals surface area contributed by atoms with Gasteiger partial charge in [0.1, 0.15) is 0 Å². The predicted molar refractivity (Wildman–Crippen MR) is 97.6 cm³/mol. The highest BCUT2D eigenvalue weighted by Gasteiger charge is 2.39. The summed E-state index contributed by atoms with van der Waals surface area (Å²) < 4.78 is 17.4. The summed E-state index contributed by atoms with van der Waals surface area (Å²) in [5, 5.41) is 3.28. The first-order chi connectivity index (χ1) is 10.0. The van der Waals surface area contributed by atoms with Crippen LogP contribution < -0.4 is 5.32 Å². The van der Waals surface area contributed by atoms with Crippen molar-refractivity contribution in [2.45, 2.75) is 39.7 Å². The van der Waals surface area contributed by atoms with E-state index in [9.17, 15) is 4.79 Å². The molecule has 0 aliphatic rings. The second-order valence-electron chi connectivity index (χ2n) is 4.87. The molecule has 1 amide bonds. The third kappa shape index (κ3) is 10.5. The van der Waals surface area contributed by atoms with Gasteiger partial charge in [0.15, 0.2) is 0 Å². The van der Waals surface area contributed by atoms with Crippen LogP contribution in [0.4, 0.5) is 0 Å². The number of carbonyl (C=O) groups is 1. The summed E-state index contributed by atoms with van der Waals surface area (Å²) in [6.45, 7) is 9.25. The van der Waals surface area contributed by atoms with E-state index in [1.54, 1.807) is 19.0 Å². The molecule has 0 unspecified atom stereocenters.